The molecule has 0 spiro atoms. The van der Waals surface area contributed by atoms with Crippen LogP contribution in [0, 0.1) is 19.8 Å². The maximum absolute atomic E-state index is 14.0. The third-order valence-corrected chi connectivity index (χ3v) is 6.70. The van der Waals surface area contributed by atoms with Crippen LogP contribution < -0.4 is 10.2 Å². The number of fused-ring (bicyclic) bond motifs is 1. The van der Waals surface area contributed by atoms with Gasteiger partial charge in [0.25, 0.3) is 5.76 Å². The summed E-state index contributed by atoms with van der Waals surface area (Å²) in [4.78, 5) is 15.3. The number of likely N-dealkylation sites (tertiary alicyclic amines) is 1. The molecule has 182 valence electrons. The first kappa shape index (κ1) is 24.4. The Labute approximate surface area is 199 Å². The van der Waals surface area contributed by atoms with Gasteiger partial charge in [-0.05, 0) is 74.5 Å². The first-order chi connectivity index (χ1) is 16.0. The SMILES string of the molecule is Cc1cc(Oc2c(C(F)(F)F)oc3c(CN4CCC[C@H](C)C4)c(O)ccc3c2=O)cc(C)c1Cl. The molecule has 0 aliphatic carbocycles. The first-order valence-corrected chi connectivity index (χ1v) is 11.4. The Kier molecular flexibility index (Phi) is 6.57. The highest BCUT2D eigenvalue weighted by molar-refractivity contribution is 6.32. The van der Waals surface area contributed by atoms with Crippen LogP contribution in [0.4, 0.5) is 13.2 Å². The van der Waals surface area contributed by atoms with Crippen molar-refractivity contribution in [2.24, 2.45) is 5.92 Å². The van der Waals surface area contributed by atoms with Crippen LogP contribution in [-0.4, -0.2) is 23.1 Å². The summed E-state index contributed by atoms with van der Waals surface area (Å²) in [5.74, 6) is -2.26. The van der Waals surface area contributed by atoms with Crippen LogP contribution in [0.5, 0.6) is 17.2 Å². The number of piperidine rings is 1. The summed E-state index contributed by atoms with van der Waals surface area (Å²) in [5.41, 5.74) is 0.0918. The van der Waals surface area contributed by atoms with Gasteiger partial charge >= 0.3 is 6.18 Å². The number of benzene rings is 2. The zero-order valence-corrected chi connectivity index (χ0v) is 19.8. The highest BCUT2D eigenvalue weighted by Gasteiger charge is 2.41. The topological polar surface area (TPSA) is 62.9 Å². The van der Waals surface area contributed by atoms with Crippen molar-refractivity contribution in [1.82, 2.24) is 4.90 Å². The molecule has 5 nitrogen and oxygen atoms in total. The van der Waals surface area contributed by atoms with E-state index in [1.165, 1.54) is 24.3 Å². The summed E-state index contributed by atoms with van der Waals surface area (Å²) in [6.45, 7) is 7.12. The lowest BCUT2D eigenvalue weighted by atomic mass is 9.99. The number of nitrogens with zero attached hydrogens (tertiary/aromatic N) is 1. The van der Waals surface area contributed by atoms with Crippen LogP contribution in [0.1, 0.15) is 42.2 Å². The molecule has 1 N–H and O–H groups in total. The van der Waals surface area contributed by atoms with E-state index in [1.54, 1.807) is 13.8 Å². The Morgan fingerprint density at radius 2 is 1.91 bits per heavy atom. The normalized spacial score (nSPS) is 17.3. The maximum Gasteiger partial charge on any atom is 0.453 e. The Hall–Kier alpha value is -2.71. The average molecular weight is 496 g/mol. The highest BCUT2D eigenvalue weighted by atomic mass is 35.5. The van der Waals surface area contributed by atoms with Gasteiger partial charge in [0.05, 0.1) is 10.9 Å². The van der Waals surface area contributed by atoms with Gasteiger partial charge in [-0.25, -0.2) is 0 Å². The summed E-state index contributed by atoms with van der Waals surface area (Å²) in [7, 11) is 0. The van der Waals surface area contributed by atoms with E-state index in [1.807, 2.05) is 4.90 Å². The molecule has 1 aliphatic heterocycles. The molecule has 3 aromatic rings. The number of halogens is 4. The fourth-order valence-corrected chi connectivity index (χ4v) is 4.56. The number of ether oxygens (including phenoxy) is 1. The van der Waals surface area contributed by atoms with Gasteiger partial charge in [-0.1, -0.05) is 18.5 Å². The number of aryl methyl sites for hydroxylation is 2. The number of alkyl halides is 3. The fraction of sp³-hybridized carbons (Fsp3) is 0.400. The Bertz CT molecular complexity index is 1280. The molecule has 1 saturated heterocycles. The molecule has 4 rings (SSSR count). The molecule has 9 heteroatoms. The molecule has 0 saturated carbocycles. The quantitative estimate of drug-likeness (QED) is 0.430. The molecule has 2 aromatic carbocycles. The van der Waals surface area contributed by atoms with Gasteiger partial charge in [-0.15, -0.1) is 0 Å². The Morgan fingerprint density at radius 3 is 2.53 bits per heavy atom. The predicted molar refractivity (Wildman–Crippen MR) is 124 cm³/mol. The lowest BCUT2D eigenvalue weighted by molar-refractivity contribution is -0.154. The Balaban J connectivity index is 1.87. The van der Waals surface area contributed by atoms with Crippen molar-refractivity contribution in [3.05, 3.63) is 62.0 Å². The second-order valence-electron chi connectivity index (χ2n) is 8.98. The standard InChI is InChI=1S/C25H25ClF3NO4/c1-13-5-4-8-30(11-13)12-18-19(31)7-6-17-21(32)23(24(25(27,28)29)34-22(17)18)33-16-9-14(2)20(26)15(3)10-16/h6-7,9-10,13,31H,4-5,8,11-12H2,1-3H3/t13-/m0/s1. The molecule has 1 aliphatic rings. The molecule has 0 bridgehead atoms. The van der Waals surface area contributed by atoms with Gasteiger partial charge in [0, 0.05) is 18.1 Å². The number of hydrogen-bond acceptors (Lipinski definition) is 5. The third-order valence-electron chi connectivity index (χ3n) is 6.11. The van der Waals surface area contributed by atoms with Crippen LogP contribution in [0.15, 0.2) is 33.5 Å². The minimum atomic E-state index is -5.00. The van der Waals surface area contributed by atoms with E-state index in [4.69, 9.17) is 20.8 Å². The third kappa shape index (κ3) is 4.74. The van der Waals surface area contributed by atoms with Crippen molar-refractivity contribution in [2.75, 3.05) is 13.1 Å². The monoisotopic (exact) mass is 495 g/mol. The minimum absolute atomic E-state index is 0.0397. The second-order valence-corrected chi connectivity index (χ2v) is 9.36. The highest BCUT2D eigenvalue weighted by Crippen LogP contribution is 2.41. The molecule has 2 heterocycles. The van der Waals surface area contributed by atoms with Crippen LogP contribution in [0.2, 0.25) is 5.02 Å². The molecule has 1 aromatic heterocycles. The molecule has 1 fully saturated rings. The largest absolute Gasteiger partial charge is 0.507 e. The van der Waals surface area contributed by atoms with Gasteiger partial charge in [-0.2, -0.15) is 13.2 Å². The second kappa shape index (κ2) is 9.15. The molecule has 0 amide bonds. The first-order valence-electron chi connectivity index (χ1n) is 11.0. The van der Waals surface area contributed by atoms with Crippen molar-refractivity contribution in [1.29, 1.82) is 0 Å². The van der Waals surface area contributed by atoms with E-state index in [0.29, 0.717) is 22.1 Å². The predicted octanol–water partition coefficient (Wildman–Crippen LogP) is 6.81. The van der Waals surface area contributed by atoms with Crippen molar-refractivity contribution in [2.45, 2.75) is 46.3 Å². The molecule has 1 atom stereocenters. The average Bonchev–Trinajstić information content (AvgIpc) is 2.75. The number of phenolic OH excluding ortho intramolecular Hbond substituents is 1. The molecular formula is C25H25ClF3NO4. The number of phenols is 1. The van der Waals surface area contributed by atoms with Crippen molar-refractivity contribution in [3.63, 3.8) is 0 Å². The van der Waals surface area contributed by atoms with Crippen LogP contribution in [-0.2, 0) is 12.7 Å². The number of rotatable bonds is 4. The zero-order valence-electron chi connectivity index (χ0n) is 19.1. The summed E-state index contributed by atoms with van der Waals surface area (Å²) in [5, 5.41) is 10.8. The lowest BCUT2D eigenvalue weighted by Gasteiger charge is -2.31. The van der Waals surface area contributed by atoms with Gasteiger partial charge in [0.2, 0.25) is 11.2 Å². The summed E-state index contributed by atoms with van der Waals surface area (Å²) in [6, 6.07) is 5.47. The molecule has 34 heavy (non-hydrogen) atoms. The Morgan fingerprint density at radius 1 is 1.24 bits per heavy atom. The van der Waals surface area contributed by atoms with Gasteiger partial charge < -0.3 is 14.3 Å². The maximum atomic E-state index is 14.0. The van der Waals surface area contributed by atoms with E-state index in [0.717, 1.165) is 25.9 Å². The van der Waals surface area contributed by atoms with E-state index in [9.17, 15) is 23.1 Å². The fourth-order valence-electron chi connectivity index (χ4n) is 4.46. The smallest absolute Gasteiger partial charge is 0.453 e. The summed E-state index contributed by atoms with van der Waals surface area (Å²) in [6.07, 6.45) is -2.99. The summed E-state index contributed by atoms with van der Waals surface area (Å²) < 4.78 is 52.8. The van der Waals surface area contributed by atoms with Gasteiger partial charge in [-0.3, -0.25) is 9.69 Å². The van der Waals surface area contributed by atoms with Crippen molar-refractivity contribution in [3.8, 4) is 17.2 Å². The molecular weight excluding hydrogens is 471 g/mol. The van der Waals surface area contributed by atoms with Crippen LogP contribution in [0.3, 0.4) is 0 Å². The van der Waals surface area contributed by atoms with Crippen LogP contribution in [0.25, 0.3) is 11.0 Å². The molecule has 0 radical (unpaired) electrons. The van der Waals surface area contributed by atoms with Crippen molar-refractivity contribution >= 4 is 22.6 Å². The van der Waals surface area contributed by atoms with E-state index in [2.05, 4.69) is 6.92 Å². The van der Waals surface area contributed by atoms with E-state index >= 15 is 0 Å². The van der Waals surface area contributed by atoms with Gasteiger partial charge in [0.1, 0.15) is 17.1 Å². The zero-order chi connectivity index (χ0) is 24.8. The summed E-state index contributed by atoms with van der Waals surface area (Å²) >= 11 is 6.14. The number of aromatic hydroxyl groups is 1. The van der Waals surface area contributed by atoms with Gasteiger partial charge in [0.15, 0.2) is 0 Å². The van der Waals surface area contributed by atoms with E-state index in [-0.39, 0.29) is 34.6 Å². The van der Waals surface area contributed by atoms with E-state index < -0.39 is 23.1 Å². The molecule has 0 unspecified atom stereocenters. The number of hydrogen-bond donors (Lipinski definition) is 1. The minimum Gasteiger partial charge on any atom is -0.507 e. The van der Waals surface area contributed by atoms with Crippen molar-refractivity contribution < 1.29 is 27.4 Å². The lowest BCUT2D eigenvalue weighted by Crippen LogP contribution is -2.33. The van der Waals surface area contributed by atoms with Crippen LogP contribution >= 0.6 is 11.6 Å².